The Hall–Kier alpha value is -0.500. The molecule has 0 aliphatic rings. The maximum absolute atomic E-state index is 5.38. The van der Waals surface area contributed by atoms with Crippen molar-refractivity contribution in [1.29, 1.82) is 0 Å². The molecule has 0 fully saturated rings. The zero-order chi connectivity index (χ0) is 8.15. The number of hydrogen-bond acceptors (Lipinski definition) is 2. The minimum Gasteiger partial charge on any atom is -0.377 e. The topological polar surface area (TPSA) is 29.3 Å². The largest absolute Gasteiger partial charge is 0.377 e. The Balaban J connectivity index is 3.71. The summed E-state index contributed by atoms with van der Waals surface area (Å²) >= 11 is 0. The molecule has 0 aromatic carbocycles. The van der Waals surface area contributed by atoms with E-state index in [1.54, 1.807) is 0 Å². The lowest BCUT2D eigenvalue weighted by molar-refractivity contribution is 0.385. The number of likely N-dealkylation sites (N-methyl/N-ethyl adjacent to an activating group) is 1. The van der Waals surface area contributed by atoms with Crippen LogP contribution in [0.5, 0.6) is 0 Å². The number of allylic oxidation sites excluding steroid dienone is 1. The molecule has 60 valence electrons. The molecular weight excluding hydrogens is 124 g/mol. The molecule has 0 amide bonds. The van der Waals surface area contributed by atoms with Crippen molar-refractivity contribution in [2.24, 2.45) is 11.7 Å². The zero-order valence-electron chi connectivity index (χ0n) is 7.22. The molecule has 0 aromatic heterocycles. The van der Waals surface area contributed by atoms with Crippen LogP contribution < -0.4 is 5.73 Å². The minimum absolute atomic E-state index is 0.525. The fourth-order valence-corrected chi connectivity index (χ4v) is 0.778. The molecular formula is C8H18N2. The second kappa shape index (κ2) is 4.34. The van der Waals surface area contributed by atoms with Gasteiger partial charge in [-0.15, -0.1) is 0 Å². The second-order valence-corrected chi connectivity index (χ2v) is 2.86. The van der Waals surface area contributed by atoms with Crippen LogP contribution in [0.4, 0.5) is 0 Å². The fraction of sp³-hybridized carbons (Fsp3) is 0.750. The summed E-state index contributed by atoms with van der Waals surface area (Å²) in [6.07, 6.45) is 0. The lowest BCUT2D eigenvalue weighted by atomic mass is 10.1. The Bertz CT molecular complexity index is 108. The molecule has 0 atom stereocenters. The highest BCUT2D eigenvalue weighted by molar-refractivity contribution is 4.95. The van der Waals surface area contributed by atoms with E-state index in [-0.39, 0.29) is 0 Å². The Morgan fingerprint density at radius 1 is 1.60 bits per heavy atom. The third-order valence-corrected chi connectivity index (χ3v) is 1.62. The van der Waals surface area contributed by atoms with Crippen LogP contribution in [0.2, 0.25) is 0 Å². The minimum atomic E-state index is 0.525. The Kier molecular flexibility index (Phi) is 4.12. The summed E-state index contributed by atoms with van der Waals surface area (Å²) in [4.78, 5) is 2.10. The highest BCUT2D eigenvalue weighted by Crippen LogP contribution is 2.09. The lowest BCUT2D eigenvalue weighted by Gasteiger charge is -2.23. The van der Waals surface area contributed by atoms with Gasteiger partial charge >= 0.3 is 0 Å². The summed E-state index contributed by atoms with van der Waals surface area (Å²) in [7, 11) is 2.02. The number of nitrogens with two attached hydrogens (primary N) is 1. The summed E-state index contributed by atoms with van der Waals surface area (Å²) in [5, 5.41) is 0. The van der Waals surface area contributed by atoms with E-state index in [9.17, 15) is 0 Å². The van der Waals surface area contributed by atoms with Crippen LogP contribution in [-0.4, -0.2) is 25.0 Å². The summed E-state index contributed by atoms with van der Waals surface area (Å²) in [5.41, 5.74) is 6.54. The first-order valence-corrected chi connectivity index (χ1v) is 3.69. The van der Waals surface area contributed by atoms with Crippen LogP contribution in [0, 0.1) is 5.92 Å². The maximum Gasteiger partial charge on any atom is 0.0294 e. The van der Waals surface area contributed by atoms with Gasteiger partial charge in [-0.1, -0.05) is 20.4 Å². The molecule has 0 unspecified atom stereocenters. The lowest BCUT2D eigenvalue weighted by Crippen LogP contribution is -2.26. The first kappa shape index (κ1) is 9.50. The van der Waals surface area contributed by atoms with Crippen LogP contribution in [0.25, 0.3) is 0 Å². The van der Waals surface area contributed by atoms with Crippen molar-refractivity contribution in [3.05, 3.63) is 12.3 Å². The van der Waals surface area contributed by atoms with Gasteiger partial charge in [0, 0.05) is 25.8 Å². The predicted octanol–water partition coefficient (Wildman–Crippen LogP) is 1.05. The highest BCUT2D eigenvalue weighted by Gasteiger charge is 2.03. The van der Waals surface area contributed by atoms with Crippen molar-refractivity contribution in [3.63, 3.8) is 0 Å². The Morgan fingerprint density at radius 2 is 2.10 bits per heavy atom. The Morgan fingerprint density at radius 3 is 2.40 bits per heavy atom. The maximum atomic E-state index is 5.38. The average Bonchev–Trinajstić information content (AvgIpc) is 1.87. The van der Waals surface area contributed by atoms with Crippen molar-refractivity contribution in [3.8, 4) is 0 Å². The van der Waals surface area contributed by atoms with Crippen molar-refractivity contribution in [2.45, 2.75) is 13.8 Å². The van der Waals surface area contributed by atoms with E-state index < -0.39 is 0 Å². The van der Waals surface area contributed by atoms with Gasteiger partial charge in [0.15, 0.2) is 0 Å². The second-order valence-electron chi connectivity index (χ2n) is 2.86. The fourth-order valence-electron chi connectivity index (χ4n) is 0.778. The standard InChI is InChI=1S/C8H18N2/c1-7(2)8(3)10(4)6-5-9/h7H,3,5-6,9H2,1-2,4H3. The number of rotatable bonds is 4. The van der Waals surface area contributed by atoms with Gasteiger partial charge < -0.3 is 10.6 Å². The summed E-state index contributed by atoms with van der Waals surface area (Å²) < 4.78 is 0. The molecule has 0 radical (unpaired) electrons. The Labute approximate surface area is 63.7 Å². The van der Waals surface area contributed by atoms with Gasteiger partial charge in [0.2, 0.25) is 0 Å². The zero-order valence-corrected chi connectivity index (χ0v) is 7.22. The van der Waals surface area contributed by atoms with E-state index in [0.717, 1.165) is 12.2 Å². The van der Waals surface area contributed by atoms with Crippen LogP contribution in [0.1, 0.15) is 13.8 Å². The number of nitrogens with zero attached hydrogens (tertiary/aromatic N) is 1. The molecule has 2 nitrogen and oxygen atoms in total. The van der Waals surface area contributed by atoms with Gasteiger partial charge in [-0.3, -0.25) is 0 Å². The van der Waals surface area contributed by atoms with E-state index >= 15 is 0 Å². The molecule has 0 aromatic rings. The average molecular weight is 142 g/mol. The molecule has 0 aliphatic carbocycles. The van der Waals surface area contributed by atoms with Crippen molar-refractivity contribution in [1.82, 2.24) is 4.90 Å². The highest BCUT2D eigenvalue weighted by atomic mass is 15.1. The van der Waals surface area contributed by atoms with Crippen molar-refractivity contribution in [2.75, 3.05) is 20.1 Å². The SMILES string of the molecule is C=C(C(C)C)N(C)CCN. The van der Waals surface area contributed by atoms with E-state index in [0.29, 0.717) is 12.5 Å². The summed E-state index contributed by atoms with van der Waals surface area (Å²) in [5.74, 6) is 0.525. The monoisotopic (exact) mass is 142 g/mol. The van der Waals surface area contributed by atoms with Crippen LogP contribution in [0.15, 0.2) is 12.3 Å². The molecule has 0 saturated heterocycles. The van der Waals surface area contributed by atoms with Crippen LogP contribution in [0.3, 0.4) is 0 Å². The van der Waals surface area contributed by atoms with Crippen LogP contribution >= 0.6 is 0 Å². The molecule has 10 heavy (non-hydrogen) atoms. The first-order valence-electron chi connectivity index (χ1n) is 3.69. The van der Waals surface area contributed by atoms with E-state index in [2.05, 4.69) is 25.3 Å². The summed E-state index contributed by atoms with van der Waals surface area (Å²) in [6, 6.07) is 0. The van der Waals surface area contributed by atoms with Gasteiger partial charge in [-0.25, -0.2) is 0 Å². The summed E-state index contributed by atoms with van der Waals surface area (Å²) in [6.45, 7) is 9.81. The van der Waals surface area contributed by atoms with Crippen molar-refractivity contribution < 1.29 is 0 Å². The quantitative estimate of drug-likeness (QED) is 0.635. The molecule has 0 aliphatic heterocycles. The molecule has 2 heteroatoms. The molecule has 0 rings (SSSR count). The van der Waals surface area contributed by atoms with Crippen LogP contribution in [-0.2, 0) is 0 Å². The van der Waals surface area contributed by atoms with Gasteiger partial charge in [-0.2, -0.15) is 0 Å². The van der Waals surface area contributed by atoms with Gasteiger partial charge in [0.25, 0.3) is 0 Å². The predicted molar refractivity (Wildman–Crippen MR) is 45.7 cm³/mol. The number of hydrogen-bond donors (Lipinski definition) is 1. The molecule has 0 spiro atoms. The third-order valence-electron chi connectivity index (χ3n) is 1.62. The van der Waals surface area contributed by atoms with Gasteiger partial charge in [0.05, 0.1) is 0 Å². The first-order chi connectivity index (χ1) is 4.59. The molecule has 0 bridgehead atoms. The third kappa shape index (κ3) is 2.87. The van der Waals surface area contributed by atoms with E-state index in [1.807, 2.05) is 7.05 Å². The van der Waals surface area contributed by atoms with Gasteiger partial charge in [-0.05, 0) is 5.92 Å². The molecule has 0 saturated carbocycles. The van der Waals surface area contributed by atoms with Gasteiger partial charge in [0.1, 0.15) is 0 Å². The normalized spacial score (nSPS) is 10.1. The molecule has 0 heterocycles. The van der Waals surface area contributed by atoms with Crippen molar-refractivity contribution >= 4 is 0 Å². The molecule has 2 N–H and O–H groups in total. The van der Waals surface area contributed by atoms with E-state index in [4.69, 9.17) is 5.73 Å². The smallest absolute Gasteiger partial charge is 0.0294 e. The van der Waals surface area contributed by atoms with E-state index in [1.165, 1.54) is 0 Å².